The minimum Gasteiger partial charge on any atom is -0.462 e. The highest BCUT2D eigenvalue weighted by atomic mass is 31.3. The van der Waals surface area contributed by atoms with Crippen LogP contribution in [0, 0.1) is 0 Å². The molecular weight excluding hydrogens is 1010 g/mol. The lowest BCUT2D eigenvalue weighted by Gasteiger charge is -2.21. The van der Waals surface area contributed by atoms with Crippen LogP contribution in [-0.4, -0.2) is 97.9 Å². The van der Waals surface area contributed by atoms with Crippen molar-refractivity contribution in [3.63, 3.8) is 0 Å². The number of epoxide rings is 1. The Labute approximate surface area is 443 Å². The molecule has 6 N–H and O–H groups in total. The Hall–Kier alpha value is -4.36. The number of aliphatic hydroxyl groups is 2. The van der Waals surface area contributed by atoms with Crippen LogP contribution >= 0.6 is 15.6 Å². The van der Waals surface area contributed by atoms with E-state index in [0.717, 1.165) is 87.8 Å². The molecule has 21 heteroatoms. The van der Waals surface area contributed by atoms with Gasteiger partial charge >= 0.3 is 33.3 Å². The largest absolute Gasteiger partial charge is 0.481 e. The first-order valence-electron chi connectivity index (χ1n) is 26.4. The fraction of sp³-hybridized carbons (Fsp3) is 0.593. The Balaban J connectivity index is 1.41. The van der Waals surface area contributed by atoms with Gasteiger partial charge in [0, 0.05) is 19.0 Å². The molecule has 0 bridgehead atoms. The van der Waals surface area contributed by atoms with Gasteiger partial charge in [-0.1, -0.05) is 137 Å². The number of unbranched alkanes of at least 4 members (excludes halogenated alkanes) is 7. The van der Waals surface area contributed by atoms with Gasteiger partial charge in [-0.3, -0.25) is 23.2 Å². The molecule has 19 nitrogen and oxygen atoms in total. The highest BCUT2D eigenvalue weighted by molar-refractivity contribution is 7.61. The first-order valence-corrected chi connectivity index (χ1v) is 29.4. The number of aliphatic hydroxyl groups excluding tert-OH is 2. The third-order valence-electron chi connectivity index (χ3n) is 11.6. The van der Waals surface area contributed by atoms with Crippen molar-refractivity contribution in [2.24, 2.45) is 0 Å². The van der Waals surface area contributed by atoms with E-state index in [9.17, 15) is 43.5 Å². The van der Waals surface area contributed by atoms with Gasteiger partial charge in [0.05, 0.1) is 25.4 Å². The number of esters is 2. The summed E-state index contributed by atoms with van der Waals surface area (Å²) in [5.74, 6) is -1.44. The van der Waals surface area contributed by atoms with Gasteiger partial charge in [0.15, 0.2) is 12.3 Å². The smallest absolute Gasteiger partial charge is 0.462 e. The Morgan fingerprint density at radius 1 is 0.667 bits per heavy atom. The molecule has 3 rings (SSSR count). The average Bonchev–Trinajstić information content (AvgIpc) is 4.06. The van der Waals surface area contributed by atoms with Gasteiger partial charge in [0.1, 0.15) is 30.7 Å². The van der Waals surface area contributed by atoms with E-state index in [1.165, 1.54) is 25.3 Å². The van der Waals surface area contributed by atoms with E-state index >= 15 is 0 Å². The lowest BCUT2D eigenvalue weighted by atomic mass is 10.1. The molecule has 1 aromatic heterocycles. The van der Waals surface area contributed by atoms with Crippen molar-refractivity contribution >= 4 is 33.4 Å². The molecule has 0 saturated carbocycles. The lowest BCUT2D eigenvalue weighted by molar-refractivity contribution is -0.161. The molecule has 2 saturated heterocycles. The molecule has 9 atom stereocenters. The Kier molecular flexibility index (Phi) is 33.1. The van der Waals surface area contributed by atoms with Crippen LogP contribution in [0.15, 0.2) is 114 Å². The second-order valence-corrected chi connectivity index (χ2v) is 21.1. The second-order valence-electron chi connectivity index (χ2n) is 18.0. The van der Waals surface area contributed by atoms with Gasteiger partial charge in [-0.2, -0.15) is 9.29 Å². The van der Waals surface area contributed by atoms with Gasteiger partial charge in [-0.05, 0) is 96.0 Å². The molecule has 0 aliphatic carbocycles. The molecule has 0 radical (unpaired) electrons. The van der Waals surface area contributed by atoms with Crippen molar-refractivity contribution in [3.8, 4) is 0 Å². The number of allylic oxidation sites excluding steroid dienone is 14. The van der Waals surface area contributed by atoms with Gasteiger partial charge < -0.3 is 44.7 Å². The number of nitrogen functional groups attached to an aromatic ring is 1. The van der Waals surface area contributed by atoms with Gasteiger partial charge in [-0.15, -0.1) is 0 Å². The van der Waals surface area contributed by atoms with E-state index in [0.29, 0.717) is 31.5 Å². The minimum absolute atomic E-state index is 0.000743. The van der Waals surface area contributed by atoms with Crippen molar-refractivity contribution in [1.29, 1.82) is 0 Å². The van der Waals surface area contributed by atoms with Crippen LogP contribution in [0.4, 0.5) is 5.82 Å². The van der Waals surface area contributed by atoms with E-state index in [1.807, 2.05) is 18.2 Å². The Bertz CT molecular complexity index is 2210. The van der Waals surface area contributed by atoms with Crippen LogP contribution in [0.25, 0.3) is 0 Å². The molecule has 0 spiro atoms. The Morgan fingerprint density at radius 3 is 1.81 bits per heavy atom. The summed E-state index contributed by atoms with van der Waals surface area (Å²) in [6.07, 6.45) is 43.9. The van der Waals surface area contributed by atoms with Crippen molar-refractivity contribution in [3.05, 3.63) is 120 Å². The third kappa shape index (κ3) is 30.2. The normalized spacial score (nSPS) is 22.3. The number of carbonyl (C=O) groups excluding carboxylic acids is 2. The van der Waals surface area contributed by atoms with Crippen LogP contribution in [0.5, 0.6) is 0 Å². The number of anilines is 1. The molecule has 2 aliphatic heterocycles. The minimum atomic E-state index is -5.45. The van der Waals surface area contributed by atoms with E-state index in [-0.39, 0.29) is 18.7 Å². The zero-order chi connectivity index (χ0) is 54.6. The topological polar surface area (TPSA) is 278 Å². The molecule has 4 unspecified atom stereocenters. The fourth-order valence-corrected chi connectivity index (χ4v) is 9.50. The maximum Gasteiger partial charge on any atom is 0.481 e. The standard InChI is InChI=1S/C54H83N3O16P2/c1-3-5-7-8-9-10-11-12-13-14-15-16-21-24-27-30-34-38-50(59)70-44(41-67-49(58)37-33-29-26-23-20-18-17-19-22-25-28-32-36-46-45(71-46)35-31-6-4-2)42-68-74(63,64)73-75(65,66)69-43-47-51(60)52(61)53(72-47)57-40-39-48(55)56-54(57)62/h6,9-10,12-13,15-16,18-20,22,26,28-29,31-32,39-40,44-47,51-53,60-61H,3-5,7-8,11,14,17,21,23-25,27,30,33-38,41-43H2,1-2H3,(H,63,64)(H,65,66)(H2,55,56,62)/b10-9-,13-12-,16-15-,20-18-,22-19-,29-26-,31-6-,32-28-/t44-,45?,46?,47-,51-,52-,53-/m1/s1. The van der Waals surface area contributed by atoms with E-state index in [1.54, 1.807) is 0 Å². The number of aromatic nitrogens is 2. The number of nitrogens with two attached hydrogens (primary N) is 1. The SMILES string of the molecule is CC/C=C\CC1OC1C/C=C\C/C=C\C/C=C\C/C=C\CCC(=O)OC[C@H](COP(=O)(O)OP(=O)(O)OC[C@H]1O[C@@H](n2ccc(N)nc2=O)[C@H](O)[C@@H]1O)OC(=O)CCCCCC/C=C\C/C=C\C/C=C\CCCCC. The maximum atomic E-state index is 12.9. The second kappa shape index (κ2) is 38.2. The van der Waals surface area contributed by atoms with Crippen molar-refractivity contribution in [2.45, 2.75) is 185 Å². The van der Waals surface area contributed by atoms with E-state index in [4.69, 9.17) is 33.7 Å². The highest BCUT2D eigenvalue weighted by Gasteiger charge is 2.46. The molecular formula is C54H83N3O16P2. The number of phosphoric acid groups is 2. The fourth-order valence-electron chi connectivity index (χ4n) is 7.39. The molecule has 2 aliphatic rings. The van der Waals surface area contributed by atoms with Crippen LogP contribution in [0.2, 0.25) is 0 Å². The summed E-state index contributed by atoms with van der Waals surface area (Å²) in [6, 6.07) is 1.24. The monoisotopic (exact) mass is 1090 g/mol. The summed E-state index contributed by atoms with van der Waals surface area (Å²) in [4.78, 5) is 62.0. The van der Waals surface area contributed by atoms with Crippen LogP contribution < -0.4 is 11.4 Å². The number of hydrogen-bond donors (Lipinski definition) is 5. The average molecular weight is 1090 g/mol. The van der Waals surface area contributed by atoms with Crippen LogP contribution in [-0.2, 0) is 51.0 Å². The molecule has 420 valence electrons. The zero-order valence-corrected chi connectivity index (χ0v) is 45.5. The molecule has 3 heterocycles. The summed E-state index contributed by atoms with van der Waals surface area (Å²) < 4.78 is 62.4. The maximum absolute atomic E-state index is 12.9. The number of ether oxygens (including phenoxy) is 4. The first-order chi connectivity index (χ1) is 36.1. The quantitative estimate of drug-likeness (QED) is 0.0134. The summed E-state index contributed by atoms with van der Waals surface area (Å²) in [7, 11) is -10.9. The van der Waals surface area contributed by atoms with Crippen molar-refractivity contribution in [2.75, 3.05) is 25.6 Å². The lowest BCUT2D eigenvalue weighted by Crippen LogP contribution is -2.36. The van der Waals surface area contributed by atoms with E-state index in [2.05, 4.69) is 102 Å². The molecule has 0 aromatic carbocycles. The number of nitrogens with zero attached hydrogens (tertiary/aromatic N) is 2. The predicted octanol–water partition coefficient (Wildman–Crippen LogP) is 10.2. The Morgan fingerprint density at radius 2 is 1.21 bits per heavy atom. The molecule has 2 fully saturated rings. The third-order valence-corrected chi connectivity index (χ3v) is 14.2. The van der Waals surface area contributed by atoms with Crippen molar-refractivity contribution in [1.82, 2.24) is 9.55 Å². The highest BCUT2D eigenvalue weighted by Crippen LogP contribution is 2.60. The van der Waals surface area contributed by atoms with Crippen LogP contribution in [0.3, 0.4) is 0 Å². The van der Waals surface area contributed by atoms with Gasteiger partial charge in [-0.25, -0.2) is 13.9 Å². The van der Waals surface area contributed by atoms with Gasteiger partial charge in [0.25, 0.3) is 0 Å². The first kappa shape index (κ1) is 64.9. The molecule has 0 amide bonds. The summed E-state index contributed by atoms with van der Waals surface area (Å²) in [5, 5.41) is 20.9. The number of phosphoric ester groups is 2. The molecule has 1 aromatic rings. The summed E-state index contributed by atoms with van der Waals surface area (Å²) in [5.41, 5.74) is 4.58. The van der Waals surface area contributed by atoms with Gasteiger partial charge in [0.2, 0.25) is 0 Å². The zero-order valence-electron chi connectivity index (χ0n) is 43.8. The van der Waals surface area contributed by atoms with Crippen LogP contribution in [0.1, 0.15) is 148 Å². The van der Waals surface area contributed by atoms with Crippen molar-refractivity contribution < 1.29 is 71.0 Å². The van der Waals surface area contributed by atoms with E-state index < -0.39 is 83.7 Å². The summed E-state index contributed by atoms with van der Waals surface area (Å²) >= 11 is 0. The number of carbonyl (C=O) groups is 2. The molecule has 75 heavy (non-hydrogen) atoms. The summed E-state index contributed by atoms with van der Waals surface area (Å²) in [6.45, 7) is 1.91. The number of hydrogen-bond acceptors (Lipinski definition) is 16. The number of rotatable bonds is 41. The predicted molar refractivity (Wildman–Crippen MR) is 288 cm³/mol.